The van der Waals surface area contributed by atoms with E-state index in [1.165, 1.54) is 32.1 Å². The average molecular weight is 267 g/mol. The van der Waals surface area contributed by atoms with E-state index in [1.807, 2.05) is 0 Å². The topological polar surface area (TPSA) is 40.5 Å². The summed E-state index contributed by atoms with van der Waals surface area (Å²) in [6.45, 7) is 3.08. The molecule has 2 saturated carbocycles. The summed E-state index contributed by atoms with van der Waals surface area (Å²) >= 11 is 0. The lowest BCUT2D eigenvalue weighted by atomic mass is 9.73. The fourth-order valence-corrected chi connectivity index (χ4v) is 3.96. The molecule has 0 aromatic rings. The number of nitrogens with zero attached hydrogens (tertiary/aromatic N) is 1. The fraction of sp³-hybridized carbons (Fsp3) is 0.938. The van der Waals surface area contributed by atoms with Crippen molar-refractivity contribution in [3.8, 4) is 0 Å². The Morgan fingerprint density at radius 3 is 2.26 bits per heavy atom. The fourth-order valence-electron chi connectivity index (χ4n) is 3.96. The Morgan fingerprint density at radius 2 is 1.74 bits per heavy atom. The lowest BCUT2D eigenvalue weighted by Gasteiger charge is -2.41. The molecule has 3 heteroatoms. The van der Waals surface area contributed by atoms with Gasteiger partial charge in [-0.05, 0) is 51.5 Å². The molecule has 0 amide bonds. The highest BCUT2D eigenvalue weighted by Crippen LogP contribution is 2.38. The van der Waals surface area contributed by atoms with Crippen LogP contribution in [0.3, 0.4) is 0 Å². The maximum atomic E-state index is 11.7. The number of hydrogen-bond acceptors (Lipinski definition) is 2. The molecule has 19 heavy (non-hydrogen) atoms. The predicted octanol–water partition coefficient (Wildman–Crippen LogP) is 3.53. The van der Waals surface area contributed by atoms with Gasteiger partial charge in [0.05, 0.1) is 5.41 Å². The lowest BCUT2D eigenvalue weighted by molar-refractivity contribution is -0.152. The van der Waals surface area contributed by atoms with Crippen molar-refractivity contribution in [1.82, 2.24) is 4.90 Å². The summed E-state index contributed by atoms with van der Waals surface area (Å²) in [7, 11) is 2.14. The Labute approximate surface area is 117 Å². The second kappa shape index (κ2) is 6.25. The molecule has 2 fully saturated rings. The van der Waals surface area contributed by atoms with Crippen LogP contribution in [0.15, 0.2) is 0 Å². The van der Waals surface area contributed by atoms with Crippen molar-refractivity contribution in [2.45, 2.75) is 70.8 Å². The highest BCUT2D eigenvalue weighted by atomic mass is 16.4. The molecule has 0 saturated heterocycles. The molecule has 110 valence electrons. The largest absolute Gasteiger partial charge is 0.481 e. The van der Waals surface area contributed by atoms with Crippen LogP contribution in [0.5, 0.6) is 0 Å². The molecular formula is C16H29NO2. The minimum absolute atomic E-state index is 0.462. The van der Waals surface area contributed by atoms with Gasteiger partial charge < -0.3 is 10.0 Å². The summed E-state index contributed by atoms with van der Waals surface area (Å²) in [6, 6.07) is 0.606. The van der Waals surface area contributed by atoms with Crippen LogP contribution in [-0.4, -0.2) is 35.6 Å². The molecule has 3 nitrogen and oxygen atoms in total. The Bertz CT molecular complexity index is 302. The lowest BCUT2D eigenvalue weighted by Crippen LogP contribution is -2.47. The molecule has 0 unspecified atom stereocenters. The Balaban J connectivity index is 1.95. The molecular weight excluding hydrogens is 238 g/mol. The zero-order valence-corrected chi connectivity index (χ0v) is 12.5. The van der Waals surface area contributed by atoms with Crippen LogP contribution in [0.4, 0.5) is 0 Å². The van der Waals surface area contributed by atoms with Crippen molar-refractivity contribution in [2.24, 2.45) is 11.3 Å². The first-order valence-corrected chi connectivity index (χ1v) is 7.97. The quantitative estimate of drug-likeness (QED) is 0.847. The highest BCUT2D eigenvalue weighted by Gasteiger charge is 2.41. The monoisotopic (exact) mass is 267 g/mol. The third-order valence-corrected chi connectivity index (χ3v) is 5.43. The van der Waals surface area contributed by atoms with Crippen LogP contribution in [0.2, 0.25) is 0 Å². The zero-order chi connectivity index (χ0) is 13.9. The molecule has 2 aliphatic rings. The van der Waals surface area contributed by atoms with E-state index < -0.39 is 11.4 Å². The first-order valence-electron chi connectivity index (χ1n) is 7.97. The third-order valence-electron chi connectivity index (χ3n) is 5.43. The number of hydrogen-bond donors (Lipinski definition) is 1. The second-order valence-corrected chi connectivity index (χ2v) is 6.97. The van der Waals surface area contributed by atoms with E-state index in [0.29, 0.717) is 6.04 Å². The molecule has 2 rings (SSSR count). The summed E-state index contributed by atoms with van der Waals surface area (Å²) in [5.74, 6) is 0.288. The van der Waals surface area contributed by atoms with Crippen LogP contribution in [0, 0.1) is 11.3 Å². The van der Waals surface area contributed by atoms with E-state index in [4.69, 9.17) is 0 Å². The molecule has 0 aliphatic heterocycles. The van der Waals surface area contributed by atoms with E-state index in [9.17, 15) is 9.90 Å². The van der Waals surface area contributed by atoms with E-state index in [1.54, 1.807) is 0 Å². The summed E-state index contributed by atoms with van der Waals surface area (Å²) in [5.41, 5.74) is -0.462. The molecule has 0 radical (unpaired) electrons. The van der Waals surface area contributed by atoms with E-state index >= 15 is 0 Å². The van der Waals surface area contributed by atoms with Crippen molar-refractivity contribution < 1.29 is 9.90 Å². The van der Waals surface area contributed by atoms with Gasteiger partial charge in [0.15, 0.2) is 0 Å². The maximum Gasteiger partial charge on any atom is 0.310 e. The van der Waals surface area contributed by atoms with Gasteiger partial charge in [-0.1, -0.05) is 26.2 Å². The summed E-state index contributed by atoms with van der Waals surface area (Å²) in [6.07, 6.45) is 10.2. The van der Waals surface area contributed by atoms with Gasteiger partial charge in [0.1, 0.15) is 0 Å². The zero-order valence-electron chi connectivity index (χ0n) is 12.5. The Hall–Kier alpha value is -0.570. The SMILES string of the molecule is CC1CCC(N(C)CC2(C(=O)O)CCCCC2)CC1. The molecule has 0 spiro atoms. The minimum atomic E-state index is -0.566. The Kier molecular flexibility index (Phi) is 4.88. The molecule has 0 heterocycles. The van der Waals surface area contributed by atoms with Crippen molar-refractivity contribution in [3.63, 3.8) is 0 Å². The van der Waals surface area contributed by atoms with E-state index in [-0.39, 0.29) is 0 Å². The van der Waals surface area contributed by atoms with Crippen LogP contribution < -0.4 is 0 Å². The Morgan fingerprint density at radius 1 is 1.16 bits per heavy atom. The van der Waals surface area contributed by atoms with Crippen molar-refractivity contribution in [3.05, 3.63) is 0 Å². The van der Waals surface area contributed by atoms with Crippen molar-refractivity contribution in [1.29, 1.82) is 0 Å². The summed E-state index contributed by atoms with van der Waals surface area (Å²) < 4.78 is 0. The van der Waals surface area contributed by atoms with Crippen LogP contribution in [-0.2, 0) is 4.79 Å². The number of carboxylic acid groups (broad SMARTS) is 1. The first-order chi connectivity index (χ1) is 9.03. The van der Waals surface area contributed by atoms with E-state index in [2.05, 4.69) is 18.9 Å². The second-order valence-electron chi connectivity index (χ2n) is 6.97. The molecule has 1 N–H and O–H groups in total. The van der Waals surface area contributed by atoms with Gasteiger partial charge in [0.25, 0.3) is 0 Å². The van der Waals surface area contributed by atoms with Gasteiger partial charge in [0, 0.05) is 12.6 Å². The van der Waals surface area contributed by atoms with E-state index in [0.717, 1.165) is 38.1 Å². The normalized spacial score (nSPS) is 31.3. The third kappa shape index (κ3) is 3.50. The van der Waals surface area contributed by atoms with Gasteiger partial charge in [-0.25, -0.2) is 0 Å². The molecule has 0 aromatic carbocycles. The highest BCUT2D eigenvalue weighted by molar-refractivity contribution is 5.75. The number of carbonyl (C=O) groups is 1. The first kappa shape index (κ1) is 14.8. The number of carboxylic acids is 1. The molecule has 2 aliphatic carbocycles. The summed E-state index contributed by atoms with van der Waals surface area (Å²) in [5, 5.41) is 9.65. The maximum absolute atomic E-state index is 11.7. The van der Waals surface area contributed by atoms with Gasteiger partial charge in [-0.3, -0.25) is 4.79 Å². The molecule has 0 atom stereocenters. The molecule has 0 bridgehead atoms. The number of aliphatic carboxylic acids is 1. The minimum Gasteiger partial charge on any atom is -0.481 e. The summed E-state index contributed by atoms with van der Waals surface area (Å²) in [4.78, 5) is 14.1. The molecule has 0 aromatic heterocycles. The van der Waals surface area contributed by atoms with Crippen LogP contribution in [0.25, 0.3) is 0 Å². The predicted molar refractivity (Wildman–Crippen MR) is 77.2 cm³/mol. The van der Waals surface area contributed by atoms with Gasteiger partial charge >= 0.3 is 5.97 Å². The van der Waals surface area contributed by atoms with Crippen LogP contribution >= 0.6 is 0 Å². The van der Waals surface area contributed by atoms with Gasteiger partial charge in [-0.15, -0.1) is 0 Å². The van der Waals surface area contributed by atoms with Crippen LogP contribution in [0.1, 0.15) is 64.7 Å². The smallest absolute Gasteiger partial charge is 0.310 e. The van der Waals surface area contributed by atoms with Gasteiger partial charge in [-0.2, -0.15) is 0 Å². The standard InChI is InChI=1S/C16H29NO2/c1-13-6-8-14(9-7-13)17(2)12-16(15(18)19)10-4-3-5-11-16/h13-14H,3-12H2,1-2H3,(H,18,19). The van der Waals surface area contributed by atoms with Gasteiger partial charge in [0.2, 0.25) is 0 Å². The van der Waals surface area contributed by atoms with Crippen molar-refractivity contribution >= 4 is 5.97 Å². The van der Waals surface area contributed by atoms with Crippen molar-refractivity contribution in [2.75, 3.05) is 13.6 Å². The average Bonchev–Trinajstić information content (AvgIpc) is 2.40. The number of rotatable bonds is 4.